The number of aromatic nitrogens is 1. The molecule has 0 aromatic carbocycles. The summed E-state index contributed by atoms with van der Waals surface area (Å²) in [7, 11) is -2.98. The molecule has 0 spiro atoms. The van der Waals surface area contributed by atoms with Crippen LogP contribution in [-0.4, -0.2) is 85.9 Å². The van der Waals surface area contributed by atoms with Crippen molar-refractivity contribution < 1.29 is 13.2 Å². The zero-order chi connectivity index (χ0) is 18.6. The molecule has 0 N–H and O–H groups in total. The largest absolute Gasteiger partial charge is 0.346 e. The molecule has 7 nitrogen and oxygen atoms in total. The third kappa shape index (κ3) is 4.95. The van der Waals surface area contributed by atoms with Crippen LogP contribution in [0.1, 0.15) is 26.2 Å². The molecule has 0 bridgehead atoms. The highest BCUT2D eigenvalue weighted by atomic mass is 32.2. The van der Waals surface area contributed by atoms with Crippen molar-refractivity contribution in [3.8, 4) is 0 Å². The Labute approximate surface area is 159 Å². The first-order chi connectivity index (χ1) is 12.5. The second-order valence-corrected chi connectivity index (χ2v) is 10.2. The van der Waals surface area contributed by atoms with Gasteiger partial charge in [0.1, 0.15) is 0 Å². The van der Waals surface area contributed by atoms with Crippen molar-refractivity contribution in [2.24, 2.45) is 0 Å². The van der Waals surface area contributed by atoms with Gasteiger partial charge in [0, 0.05) is 50.3 Å². The van der Waals surface area contributed by atoms with Crippen LogP contribution in [0.2, 0.25) is 0 Å². The van der Waals surface area contributed by atoms with E-state index >= 15 is 0 Å². The predicted molar refractivity (Wildman–Crippen MR) is 104 cm³/mol. The van der Waals surface area contributed by atoms with Crippen LogP contribution in [0.3, 0.4) is 0 Å². The molecule has 9 heteroatoms. The van der Waals surface area contributed by atoms with Gasteiger partial charge in [0.2, 0.25) is 5.91 Å². The molecule has 26 heavy (non-hydrogen) atoms. The number of carbonyl (C=O) groups is 1. The van der Waals surface area contributed by atoms with Crippen LogP contribution in [0.4, 0.5) is 5.13 Å². The summed E-state index contributed by atoms with van der Waals surface area (Å²) in [6.45, 7) is 6.53. The van der Waals surface area contributed by atoms with Gasteiger partial charge in [-0.25, -0.2) is 13.4 Å². The number of unbranched alkanes of at least 4 members (excludes halogenated alkanes) is 1. The molecule has 2 aliphatic heterocycles. The Balaban J connectivity index is 1.54. The molecule has 1 amide bonds. The van der Waals surface area contributed by atoms with E-state index in [1.165, 1.54) is 0 Å². The number of thiazole rings is 1. The van der Waals surface area contributed by atoms with Crippen molar-refractivity contribution in [1.82, 2.24) is 14.8 Å². The molecule has 3 rings (SSSR count). The molecule has 2 saturated heterocycles. The van der Waals surface area contributed by atoms with Crippen LogP contribution in [0.15, 0.2) is 11.6 Å². The van der Waals surface area contributed by atoms with Gasteiger partial charge in [0.15, 0.2) is 15.0 Å². The number of hydrogen-bond donors (Lipinski definition) is 0. The SMILES string of the molecule is CCCCN(C(=O)CN1CCN(c2nccs2)CC1)[C@H]1CCS(=O)(=O)C1. The minimum Gasteiger partial charge on any atom is -0.346 e. The molecule has 3 heterocycles. The lowest BCUT2D eigenvalue weighted by Gasteiger charge is -2.36. The van der Waals surface area contributed by atoms with Crippen LogP contribution in [0.25, 0.3) is 0 Å². The highest BCUT2D eigenvalue weighted by Crippen LogP contribution is 2.21. The number of piperazine rings is 1. The van der Waals surface area contributed by atoms with E-state index in [1.54, 1.807) is 11.3 Å². The Morgan fingerprint density at radius 1 is 1.35 bits per heavy atom. The van der Waals surface area contributed by atoms with E-state index in [0.717, 1.165) is 44.2 Å². The van der Waals surface area contributed by atoms with E-state index in [4.69, 9.17) is 0 Å². The zero-order valence-corrected chi connectivity index (χ0v) is 17.0. The smallest absolute Gasteiger partial charge is 0.237 e. The van der Waals surface area contributed by atoms with Gasteiger partial charge in [-0.3, -0.25) is 9.69 Å². The van der Waals surface area contributed by atoms with Crippen molar-refractivity contribution in [2.45, 2.75) is 32.2 Å². The summed E-state index contributed by atoms with van der Waals surface area (Å²) in [6, 6.07) is -0.143. The first-order valence-corrected chi connectivity index (χ1v) is 12.1. The van der Waals surface area contributed by atoms with Gasteiger partial charge in [0.05, 0.1) is 18.1 Å². The predicted octanol–water partition coefficient (Wildman–Crippen LogP) is 1.08. The van der Waals surface area contributed by atoms with Crippen molar-refractivity contribution in [2.75, 3.05) is 55.7 Å². The first-order valence-electron chi connectivity index (χ1n) is 9.35. The van der Waals surface area contributed by atoms with Crippen molar-refractivity contribution in [1.29, 1.82) is 0 Å². The van der Waals surface area contributed by atoms with Gasteiger partial charge >= 0.3 is 0 Å². The van der Waals surface area contributed by atoms with Crippen LogP contribution in [0.5, 0.6) is 0 Å². The molecule has 0 radical (unpaired) electrons. The normalized spacial score (nSPS) is 23.3. The third-order valence-electron chi connectivity index (χ3n) is 5.14. The van der Waals surface area contributed by atoms with E-state index in [9.17, 15) is 13.2 Å². The number of nitrogens with zero attached hydrogens (tertiary/aromatic N) is 4. The number of amides is 1. The summed E-state index contributed by atoms with van der Waals surface area (Å²) in [6.07, 6.45) is 4.31. The zero-order valence-electron chi connectivity index (χ0n) is 15.3. The highest BCUT2D eigenvalue weighted by Gasteiger charge is 2.35. The number of hydrogen-bond acceptors (Lipinski definition) is 7. The monoisotopic (exact) mass is 400 g/mol. The standard InChI is InChI=1S/C17H28N4O3S2/c1-2-3-6-21(15-4-12-26(23,24)14-15)16(22)13-19-7-9-20(10-8-19)17-18-5-11-25-17/h5,11,15H,2-4,6-10,12-14H2,1H3/t15-/m0/s1. The fourth-order valence-electron chi connectivity index (χ4n) is 3.61. The van der Waals surface area contributed by atoms with Crippen LogP contribution in [0, 0.1) is 0 Å². The molecule has 0 saturated carbocycles. The van der Waals surface area contributed by atoms with Crippen LogP contribution in [-0.2, 0) is 14.6 Å². The Bertz CT molecular complexity index is 685. The van der Waals surface area contributed by atoms with Crippen molar-refractivity contribution in [3.05, 3.63) is 11.6 Å². The second kappa shape index (κ2) is 8.67. The van der Waals surface area contributed by atoms with Gasteiger partial charge in [0.25, 0.3) is 0 Å². The summed E-state index contributed by atoms with van der Waals surface area (Å²) in [5.74, 6) is 0.406. The van der Waals surface area contributed by atoms with Crippen molar-refractivity contribution >= 4 is 32.2 Å². The topological polar surface area (TPSA) is 73.8 Å². The third-order valence-corrected chi connectivity index (χ3v) is 7.73. The summed E-state index contributed by atoms with van der Waals surface area (Å²) >= 11 is 1.64. The van der Waals surface area contributed by atoms with Crippen molar-refractivity contribution in [3.63, 3.8) is 0 Å². The van der Waals surface area contributed by atoms with Crippen LogP contribution >= 0.6 is 11.3 Å². The highest BCUT2D eigenvalue weighted by molar-refractivity contribution is 7.91. The molecule has 2 aliphatic rings. The average Bonchev–Trinajstić information content (AvgIpc) is 3.26. The molecule has 1 aromatic heterocycles. The van der Waals surface area contributed by atoms with Gasteiger partial charge in [-0.1, -0.05) is 13.3 Å². The molecular formula is C17H28N4O3S2. The number of carbonyl (C=O) groups excluding carboxylic acids is 1. The molecule has 146 valence electrons. The summed E-state index contributed by atoms with van der Waals surface area (Å²) in [5, 5.41) is 3.02. The lowest BCUT2D eigenvalue weighted by molar-refractivity contribution is -0.134. The fourth-order valence-corrected chi connectivity index (χ4v) is 6.04. The van der Waals surface area contributed by atoms with E-state index < -0.39 is 9.84 Å². The minimum absolute atomic E-state index is 0.0725. The number of sulfone groups is 1. The van der Waals surface area contributed by atoms with Gasteiger partial charge in [-0.05, 0) is 12.8 Å². The molecule has 2 fully saturated rings. The Morgan fingerprint density at radius 2 is 2.12 bits per heavy atom. The van der Waals surface area contributed by atoms with E-state index in [1.807, 2.05) is 16.5 Å². The number of anilines is 1. The Kier molecular flexibility index (Phi) is 6.52. The second-order valence-electron chi connectivity index (χ2n) is 7.08. The molecule has 1 aromatic rings. The van der Waals surface area contributed by atoms with E-state index in [-0.39, 0.29) is 23.5 Å². The summed E-state index contributed by atoms with van der Waals surface area (Å²) in [5.41, 5.74) is 0. The minimum atomic E-state index is -2.98. The lowest BCUT2D eigenvalue weighted by atomic mass is 10.2. The average molecular weight is 401 g/mol. The maximum atomic E-state index is 12.9. The molecular weight excluding hydrogens is 372 g/mol. The maximum Gasteiger partial charge on any atom is 0.237 e. The van der Waals surface area contributed by atoms with Gasteiger partial charge < -0.3 is 9.80 Å². The van der Waals surface area contributed by atoms with E-state index in [0.29, 0.717) is 19.5 Å². The Hall–Kier alpha value is -1.19. The fraction of sp³-hybridized carbons (Fsp3) is 0.765. The van der Waals surface area contributed by atoms with Gasteiger partial charge in [-0.2, -0.15) is 0 Å². The summed E-state index contributed by atoms with van der Waals surface area (Å²) in [4.78, 5) is 23.5. The summed E-state index contributed by atoms with van der Waals surface area (Å²) < 4.78 is 23.6. The quantitative estimate of drug-likeness (QED) is 0.682. The lowest BCUT2D eigenvalue weighted by Crippen LogP contribution is -2.52. The first kappa shape index (κ1) is 19.6. The molecule has 0 aliphatic carbocycles. The molecule has 0 unspecified atom stereocenters. The van der Waals surface area contributed by atoms with Crippen LogP contribution < -0.4 is 4.90 Å². The van der Waals surface area contributed by atoms with E-state index in [2.05, 4.69) is 21.7 Å². The number of rotatable bonds is 7. The molecule has 1 atom stereocenters. The Morgan fingerprint density at radius 3 is 2.69 bits per heavy atom. The maximum absolute atomic E-state index is 12.9. The van der Waals surface area contributed by atoms with Gasteiger partial charge in [-0.15, -0.1) is 11.3 Å².